The molecule has 1 fully saturated rings. The van der Waals surface area contributed by atoms with E-state index in [0.717, 1.165) is 18.7 Å². The molecule has 1 N–H and O–H groups in total. The van der Waals surface area contributed by atoms with Crippen LogP contribution >= 0.6 is 0 Å². The van der Waals surface area contributed by atoms with Gasteiger partial charge >= 0.3 is 0 Å². The number of hydrogen-bond donors (Lipinski definition) is 1. The number of piperidine rings is 1. The molecule has 76 valence electrons. The van der Waals surface area contributed by atoms with Gasteiger partial charge in [-0.15, -0.1) is 0 Å². The second kappa shape index (κ2) is 3.25. The van der Waals surface area contributed by atoms with Gasteiger partial charge in [-0.3, -0.25) is 0 Å². The van der Waals surface area contributed by atoms with Crippen LogP contribution in [0.1, 0.15) is 30.0 Å². The molecule has 2 aliphatic rings. The Kier molecular flexibility index (Phi) is 1.90. The van der Waals surface area contributed by atoms with Gasteiger partial charge in [0, 0.05) is 5.56 Å². The predicted molar refractivity (Wildman–Crippen MR) is 55.6 cm³/mol. The monoisotopic (exact) mass is 200 g/mol. The lowest BCUT2D eigenvalue weighted by molar-refractivity contribution is 0.154. The van der Waals surface area contributed by atoms with E-state index >= 15 is 0 Å². The minimum atomic E-state index is 0.266. The maximum atomic E-state index is 8.81. The normalized spacial score (nSPS) is 27.4. The summed E-state index contributed by atoms with van der Waals surface area (Å²) in [4.78, 5) is 0. The molecule has 2 atom stereocenters. The third-order valence-electron chi connectivity index (χ3n) is 3.16. The number of ether oxygens (including phenoxy) is 1. The van der Waals surface area contributed by atoms with E-state index in [2.05, 4.69) is 11.4 Å². The number of rotatable bonds is 0. The molecule has 0 bridgehead atoms. The average molecular weight is 200 g/mol. The van der Waals surface area contributed by atoms with Gasteiger partial charge in [0.2, 0.25) is 0 Å². The van der Waals surface area contributed by atoms with Crippen molar-refractivity contribution in [2.75, 3.05) is 6.54 Å². The van der Waals surface area contributed by atoms with Crippen LogP contribution in [0.5, 0.6) is 5.75 Å². The molecule has 0 spiro atoms. The Bertz CT molecular complexity index is 436. The van der Waals surface area contributed by atoms with Crippen LogP contribution < -0.4 is 10.1 Å². The number of nitrogens with zero attached hydrogens (tertiary/aromatic N) is 1. The molecular weight excluding hydrogens is 188 g/mol. The molecule has 0 radical (unpaired) electrons. The topological polar surface area (TPSA) is 45.0 Å². The van der Waals surface area contributed by atoms with Gasteiger partial charge in [-0.2, -0.15) is 5.26 Å². The maximum absolute atomic E-state index is 8.81. The summed E-state index contributed by atoms with van der Waals surface area (Å²) in [5, 5.41) is 12.3. The van der Waals surface area contributed by atoms with E-state index in [9.17, 15) is 0 Å². The van der Waals surface area contributed by atoms with E-state index < -0.39 is 0 Å². The lowest BCUT2D eigenvalue weighted by Crippen LogP contribution is -2.36. The number of hydrogen-bond acceptors (Lipinski definition) is 3. The molecule has 3 rings (SSSR count). The number of nitriles is 1. The van der Waals surface area contributed by atoms with E-state index in [1.54, 1.807) is 0 Å². The highest BCUT2D eigenvalue weighted by molar-refractivity contribution is 5.47. The fourth-order valence-electron chi connectivity index (χ4n) is 2.42. The molecule has 0 saturated carbocycles. The van der Waals surface area contributed by atoms with Crippen molar-refractivity contribution in [3.05, 3.63) is 29.3 Å². The molecule has 0 aromatic heterocycles. The first-order valence-corrected chi connectivity index (χ1v) is 5.32. The third-order valence-corrected chi connectivity index (χ3v) is 3.16. The molecule has 1 saturated heterocycles. The summed E-state index contributed by atoms with van der Waals surface area (Å²) in [5.74, 6) is 0.887. The summed E-state index contributed by atoms with van der Waals surface area (Å²) < 4.78 is 5.84. The van der Waals surface area contributed by atoms with Crippen LogP contribution in [0.3, 0.4) is 0 Å². The molecule has 1 aromatic rings. The quantitative estimate of drug-likeness (QED) is 0.693. The van der Waals surface area contributed by atoms with Crippen LogP contribution in [0.2, 0.25) is 0 Å². The molecule has 1 aromatic carbocycles. The highest BCUT2D eigenvalue weighted by Crippen LogP contribution is 2.40. The summed E-state index contributed by atoms with van der Waals surface area (Å²) in [7, 11) is 0. The molecular formula is C12H12N2O. The zero-order chi connectivity index (χ0) is 10.3. The molecule has 0 aliphatic carbocycles. The van der Waals surface area contributed by atoms with Crippen molar-refractivity contribution in [3.8, 4) is 11.8 Å². The fraction of sp³-hybridized carbons (Fsp3) is 0.417. The summed E-state index contributed by atoms with van der Waals surface area (Å²) in [6.45, 7) is 1.06. The second-order valence-corrected chi connectivity index (χ2v) is 4.09. The first-order valence-electron chi connectivity index (χ1n) is 5.32. The lowest BCUT2D eigenvalue weighted by Gasteiger charge is -2.25. The number of fused-ring (bicyclic) bond motifs is 3. The van der Waals surface area contributed by atoms with E-state index in [1.165, 1.54) is 12.0 Å². The van der Waals surface area contributed by atoms with Crippen LogP contribution in [-0.4, -0.2) is 12.6 Å². The van der Waals surface area contributed by atoms with Crippen molar-refractivity contribution in [3.63, 3.8) is 0 Å². The molecule has 0 unspecified atom stereocenters. The van der Waals surface area contributed by atoms with Crippen LogP contribution in [0.4, 0.5) is 0 Å². The summed E-state index contributed by atoms with van der Waals surface area (Å²) in [6.07, 6.45) is 2.54. The smallest absolute Gasteiger partial charge is 0.126 e. The number of nitrogens with one attached hydrogen (secondary N) is 1. The van der Waals surface area contributed by atoms with Gasteiger partial charge in [-0.05, 0) is 31.5 Å². The van der Waals surface area contributed by atoms with Gasteiger partial charge in [0.15, 0.2) is 0 Å². The molecule has 0 amide bonds. The maximum Gasteiger partial charge on any atom is 0.126 e. The van der Waals surface area contributed by atoms with Gasteiger partial charge < -0.3 is 10.1 Å². The van der Waals surface area contributed by atoms with E-state index in [-0.39, 0.29) is 6.10 Å². The van der Waals surface area contributed by atoms with Crippen LogP contribution in [0.25, 0.3) is 0 Å². The summed E-state index contributed by atoms with van der Waals surface area (Å²) in [5.41, 5.74) is 1.88. The Morgan fingerprint density at radius 1 is 1.47 bits per heavy atom. The van der Waals surface area contributed by atoms with E-state index in [1.807, 2.05) is 18.2 Å². The minimum absolute atomic E-state index is 0.266. The van der Waals surface area contributed by atoms with Crippen LogP contribution in [0.15, 0.2) is 18.2 Å². The van der Waals surface area contributed by atoms with Gasteiger partial charge in [0.05, 0.1) is 17.7 Å². The second-order valence-electron chi connectivity index (χ2n) is 4.09. The standard InChI is InChI=1S/C12H12N2O/c13-7-8-3-4-9-11(6-8)15-10-2-1-5-14-12(9)10/h3-4,6,10,12,14H,1-2,5H2/t10-,12-/m0/s1. The molecule has 2 heterocycles. The van der Waals surface area contributed by atoms with Crippen molar-refractivity contribution in [1.82, 2.24) is 5.32 Å². The van der Waals surface area contributed by atoms with Gasteiger partial charge in [-0.1, -0.05) is 6.07 Å². The zero-order valence-electron chi connectivity index (χ0n) is 8.36. The summed E-state index contributed by atoms with van der Waals surface area (Å²) in [6, 6.07) is 8.19. The van der Waals surface area contributed by atoms with Crippen LogP contribution in [-0.2, 0) is 0 Å². The summed E-state index contributed by atoms with van der Waals surface area (Å²) >= 11 is 0. The molecule has 3 heteroatoms. The number of benzene rings is 1. The van der Waals surface area contributed by atoms with Crippen molar-refractivity contribution in [2.24, 2.45) is 0 Å². The molecule has 15 heavy (non-hydrogen) atoms. The average Bonchev–Trinajstić information content (AvgIpc) is 2.66. The fourth-order valence-corrected chi connectivity index (χ4v) is 2.42. The minimum Gasteiger partial charge on any atom is -0.488 e. The van der Waals surface area contributed by atoms with Crippen molar-refractivity contribution in [2.45, 2.75) is 25.0 Å². The largest absolute Gasteiger partial charge is 0.488 e. The predicted octanol–water partition coefficient (Wildman–Crippen LogP) is 1.74. The van der Waals surface area contributed by atoms with Gasteiger partial charge in [0.1, 0.15) is 11.9 Å². The lowest BCUT2D eigenvalue weighted by atomic mass is 9.96. The Balaban J connectivity index is 2.01. The Labute approximate surface area is 88.7 Å². The zero-order valence-corrected chi connectivity index (χ0v) is 8.36. The Hall–Kier alpha value is -1.53. The van der Waals surface area contributed by atoms with E-state index in [4.69, 9.17) is 10.00 Å². The van der Waals surface area contributed by atoms with Gasteiger partial charge in [0.25, 0.3) is 0 Å². The Morgan fingerprint density at radius 3 is 3.27 bits per heavy atom. The van der Waals surface area contributed by atoms with Crippen molar-refractivity contribution < 1.29 is 4.74 Å². The molecule has 3 nitrogen and oxygen atoms in total. The van der Waals surface area contributed by atoms with Crippen molar-refractivity contribution >= 4 is 0 Å². The highest BCUT2D eigenvalue weighted by Gasteiger charge is 2.35. The van der Waals surface area contributed by atoms with Crippen molar-refractivity contribution in [1.29, 1.82) is 5.26 Å². The van der Waals surface area contributed by atoms with E-state index in [0.29, 0.717) is 11.6 Å². The first kappa shape index (κ1) is 8.75. The Morgan fingerprint density at radius 2 is 2.40 bits per heavy atom. The van der Waals surface area contributed by atoms with Gasteiger partial charge in [-0.25, -0.2) is 0 Å². The molecule has 2 aliphatic heterocycles. The SMILES string of the molecule is N#Cc1ccc2c(c1)O[C@H]1CCCN[C@@H]21. The third kappa shape index (κ3) is 1.30. The van der Waals surface area contributed by atoms with Crippen LogP contribution in [0, 0.1) is 11.3 Å². The highest BCUT2D eigenvalue weighted by atomic mass is 16.5. The first-order chi connectivity index (χ1) is 7.38.